The van der Waals surface area contributed by atoms with Crippen LogP contribution in [0, 0.1) is 5.92 Å². The first-order valence-electron chi connectivity index (χ1n) is 11.9. The van der Waals surface area contributed by atoms with E-state index in [-0.39, 0.29) is 17.9 Å². The van der Waals surface area contributed by atoms with E-state index in [1.165, 1.54) is 0 Å². The van der Waals surface area contributed by atoms with Crippen LogP contribution in [0.2, 0.25) is 0 Å². The summed E-state index contributed by atoms with van der Waals surface area (Å²) in [7, 11) is 1.61. The zero-order valence-corrected chi connectivity index (χ0v) is 19.9. The smallest absolute Gasteiger partial charge is 0.321 e. The molecule has 1 heterocycles. The predicted molar refractivity (Wildman–Crippen MR) is 137 cm³/mol. The fourth-order valence-corrected chi connectivity index (χ4v) is 4.42. The fraction of sp³-hybridized carbons (Fsp3) is 0.286. The molecule has 1 aliphatic heterocycles. The normalized spacial score (nSPS) is 14.3. The first-order valence-corrected chi connectivity index (χ1v) is 11.9. The average molecular weight is 473 g/mol. The number of piperidine rings is 1. The molecule has 7 heteroatoms. The molecule has 182 valence electrons. The van der Waals surface area contributed by atoms with Gasteiger partial charge in [-0.25, -0.2) is 4.79 Å². The maximum Gasteiger partial charge on any atom is 0.321 e. The molecule has 0 aliphatic carbocycles. The second-order valence-corrected chi connectivity index (χ2v) is 8.84. The van der Waals surface area contributed by atoms with Crippen molar-refractivity contribution in [3.05, 3.63) is 96.1 Å². The van der Waals surface area contributed by atoms with Gasteiger partial charge >= 0.3 is 6.03 Å². The van der Waals surface area contributed by atoms with Crippen molar-refractivity contribution in [1.82, 2.24) is 10.2 Å². The first kappa shape index (κ1) is 24.3. The summed E-state index contributed by atoms with van der Waals surface area (Å²) in [5.74, 6) is 0.793. The van der Waals surface area contributed by atoms with Gasteiger partial charge in [-0.2, -0.15) is 0 Å². The number of carbonyl (C=O) groups is 2. The monoisotopic (exact) mass is 472 g/mol. The van der Waals surface area contributed by atoms with E-state index in [1.807, 2.05) is 89.8 Å². The summed E-state index contributed by atoms with van der Waals surface area (Å²) < 4.78 is 5.15. The van der Waals surface area contributed by atoms with Crippen LogP contribution in [0.4, 0.5) is 10.5 Å². The second-order valence-electron chi connectivity index (χ2n) is 8.84. The van der Waals surface area contributed by atoms with E-state index in [0.29, 0.717) is 19.6 Å². The fourth-order valence-electron chi connectivity index (χ4n) is 4.42. The van der Waals surface area contributed by atoms with Crippen LogP contribution in [0.15, 0.2) is 84.9 Å². The van der Waals surface area contributed by atoms with Gasteiger partial charge in [-0.05, 0) is 54.2 Å². The third kappa shape index (κ3) is 5.63. The highest BCUT2D eigenvalue weighted by atomic mass is 16.5. The number of hydrogen-bond donors (Lipinski definition) is 3. The molecular formula is C28H32N4O3. The van der Waals surface area contributed by atoms with Crippen LogP contribution in [0.5, 0.6) is 5.75 Å². The van der Waals surface area contributed by atoms with Gasteiger partial charge in [0.2, 0.25) is 5.91 Å². The Kier molecular flexibility index (Phi) is 7.67. The molecule has 35 heavy (non-hydrogen) atoms. The minimum atomic E-state index is -1.28. The van der Waals surface area contributed by atoms with Crippen molar-refractivity contribution in [2.75, 3.05) is 32.1 Å². The molecule has 4 rings (SSSR count). The molecule has 1 fully saturated rings. The molecule has 0 saturated carbocycles. The Morgan fingerprint density at radius 2 is 1.46 bits per heavy atom. The van der Waals surface area contributed by atoms with Crippen molar-refractivity contribution >= 4 is 17.6 Å². The van der Waals surface area contributed by atoms with E-state index in [9.17, 15) is 9.59 Å². The summed E-state index contributed by atoms with van der Waals surface area (Å²) in [4.78, 5) is 27.9. The van der Waals surface area contributed by atoms with E-state index >= 15 is 0 Å². The molecule has 0 radical (unpaired) electrons. The van der Waals surface area contributed by atoms with Gasteiger partial charge in [0.05, 0.1) is 7.11 Å². The molecule has 3 aromatic carbocycles. The molecule has 7 nitrogen and oxygen atoms in total. The van der Waals surface area contributed by atoms with Gasteiger partial charge in [-0.3, -0.25) is 4.79 Å². The molecule has 4 N–H and O–H groups in total. The summed E-state index contributed by atoms with van der Waals surface area (Å²) in [5.41, 5.74) is 7.71. The SMILES string of the molecule is COc1ccc(NC(=O)N2CCC(CNC(=O)C(N)(c3ccccc3)c3ccccc3)CC2)cc1. The topological polar surface area (TPSA) is 96.7 Å². The number of ether oxygens (including phenoxy) is 1. The molecule has 1 saturated heterocycles. The standard InChI is InChI=1S/C28H32N4O3/c1-35-25-14-12-24(13-15-25)31-27(34)32-18-16-21(17-19-32)20-30-26(33)28(29,22-8-4-2-5-9-22)23-10-6-3-7-11-23/h2-15,21H,16-20,29H2,1H3,(H,30,33)(H,31,34). The van der Waals surface area contributed by atoms with Crippen molar-refractivity contribution in [2.24, 2.45) is 11.7 Å². The number of rotatable bonds is 7. The Hall–Kier alpha value is -3.84. The summed E-state index contributed by atoms with van der Waals surface area (Å²) >= 11 is 0. The summed E-state index contributed by atoms with van der Waals surface area (Å²) in [5, 5.41) is 6.02. The van der Waals surface area contributed by atoms with Crippen LogP contribution in [-0.2, 0) is 10.3 Å². The minimum absolute atomic E-state index is 0.119. The zero-order chi connectivity index (χ0) is 24.7. The lowest BCUT2D eigenvalue weighted by atomic mass is 9.82. The number of carbonyl (C=O) groups excluding carboxylic acids is 2. The molecule has 0 bridgehead atoms. The Labute approximate surface area is 206 Å². The number of nitrogens with zero attached hydrogens (tertiary/aromatic N) is 1. The van der Waals surface area contributed by atoms with E-state index in [0.717, 1.165) is 35.4 Å². The first-order chi connectivity index (χ1) is 17.0. The number of nitrogens with two attached hydrogens (primary N) is 1. The van der Waals surface area contributed by atoms with Crippen LogP contribution in [-0.4, -0.2) is 43.6 Å². The Morgan fingerprint density at radius 1 is 0.914 bits per heavy atom. The lowest BCUT2D eigenvalue weighted by Crippen LogP contribution is -2.53. The number of likely N-dealkylation sites (tertiary alicyclic amines) is 1. The quantitative estimate of drug-likeness (QED) is 0.485. The molecule has 0 aromatic heterocycles. The van der Waals surface area contributed by atoms with Crippen LogP contribution >= 0.6 is 0 Å². The highest BCUT2D eigenvalue weighted by Gasteiger charge is 2.38. The van der Waals surface area contributed by atoms with Crippen LogP contribution in [0.3, 0.4) is 0 Å². The third-order valence-electron chi connectivity index (χ3n) is 6.61. The summed E-state index contributed by atoms with van der Waals surface area (Å²) in [6, 6.07) is 26.0. The van der Waals surface area contributed by atoms with Crippen LogP contribution in [0.25, 0.3) is 0 Å². The van der Waals surface area contributed by atoms with Gasteiger partial charge in [0.1, 0.15) is 11.3 Å². The van der Waals surface area contributed by atoms with Crippen LogP contribution in [0.1, 0.15) is 24.0 Å². The number of nitrogens with one attached hydrogen (secondary N) is 2. The van der Waals surface area contributed by atoms with Crippen molar-refractivity contribution in [3.8, 4) is 5.75 Å². The molecular weight excluding hydrogens is 440 g/mol. The molecule has 0 atom stereocenters. The second kappa shape index (κ2) is 11.1. The van der Waals surface area contributed by atoms with E-state index in [4.69, 9.17) is 10.5 Å². The summed E-state index contributed by atoms with van der Waals surface area (Å²) in [6.45, 7) is 1.78. The maximum atomic E-state index is 13.4. The summed E-state index contributed by atoms with van der Waals surface area (Å²) in [6.07, 6.45) is 1.62. The van der Waals surface area contributed by atoms with Gasteiger partial charge in [0.15, 0.2) is 0 Å². The van der Waals surface area contributed by atoms with E-state index < -0.39 is 5.54 Å². The number of benzene rings is 3. The lowest BCUT2D eigenvalue weighted by molar-refractivity contribution is -0.125. The molecule has 3 amide bonds. The number of hydrogen-bond acceptors (Lipinski definition) is 4. The Morgan fingerprint density at radius 3 is 1.97 bits per heavy atom. The lowest BCUT2D eigenvalue weighted by Gasteiger charge is -2.34. The molecule has 0 unspecified atom stereocenters. The average Bonchev–Trinajstić information content (AvgIpc) is 2.93. The maximum absolute atomic E-state index is 13.4. The molecule has 1 aliphatic rings. The van der Waals surface area contributed by atoms with Gasteiger partial charge in [0.25, 0.3) is 0 Å². The number of methoxy groups -OCH3 is 1. The number of amides is 3. The molecule has 0 spiro atoms. The van der Waals surface area contributed by atoms with Crippen molar-refractivity contribution in [3.63, 3.8) is 0 Å². The van der Waals surface area contributed by atoms with Crippen molar-refractivity contribution in [2.45, 2.75) is 18.4 Å². The van der Waals surface area contributed by atoms with Gasteiger partial charge in [-0.1, -0.05) is 60.7 Å². The van der Waals surface area contributed by atoms with Crippen molar-refractivity contribution < 1.29 is 14.3 Å². The highest BCUT2D eigenvalue weighted by molar-refractivity contribution is 5.91. The van der Waals surface area contributed by atoms with Gasteiger partial charge < -0.3 is 26.0 Å². The van der Waals surface area contributed by atoms with Crippen molar-refractivity contribution in [1.29, 1.82) is 0 Å². The van der Waals surface area contributed by atoms with E-state index in [2.05, 4.69) is 10.6 Å². The zero-order valence-electron chi connectivity index (χ0n) is 19.9. The Bertz CT molecular complexity index is 1070. The minimum Gasteiger partial charge on any atom is -0.497 e. The third-order valence-corrected chi connectivity index (χ3v) is 6.61. The van der Waals surface area contributed by atoms with E-state index in [1.54, 1.807) is 7.11 Å². The number of urea groups is 1. The van der Waals surface area contributed by atoms with Gasteiger partial charge in [0, 0.05) is 25.3 Å². The van der Waals surface area contributed by atoms with Gasteiger partial charge in [-0.15, -0.1) is 0 Å². The predicted octanol–water partition coefficient (Wildman–Crippen LogP) is 3.96. The Balaban J connectivity index is 1.32. The van der Waals surface area contributed by atoms with Crippen LogP contribution < -0.4 is 21.1 Å². The largest absolute Gasteiger partial charge is 0.497 e. The highest BCUT2D eigenvalue weighted by Crippen LogP contribution is 2.28. The number of anilines is 1. The molecule has 3 aromatic rings.